The summed E-state index contributed by atoms with van der Waals surface area (Å²) >= 11 is 0. The highest BCUT2D eigenvalue weighted by molar-refractivity contribution is 5.66. The van der Waals surface area contributed by atoms with Gasteiger partial charge in [0.15, 0.2) is 0 Å². The molecular formula is C31H49NO3. The fraction of sp³-hybridized carbons (Fsp3) is 0.710. The van der Waals surface area contributed by atoms with Gasteiger partial charge in [0.2, 0.25) is 0 Å². The summed E-state index contributed by atoms with van der Waals surface area (Å²) in [6.07, 6.45) is 17.8. The van der Waals surface area contributed by atoms with Gasteiger partial charge in [-0.25, -0.2) is 4.79 Å². The van der Waals surface area contributed by atoms with E-state index in [0.29, 0.717) is 28.6 Å². The molecule has 0 heterocycles. The van der Waals surface area contributed by atoms with E-state index < -0.39 is 6.09 Å². The molecule has 3 aliphatic carbocycles. The minimum Gasteiger partial charge on any atom is -0.444 e. The minimum absolute atomic E-state index is 0.129. The molecule has 0 aromatic carbocycles. The van der Waals surface area contributed by atoms with Crippen LogP contribution in [0.2, 0.25) is 0 Å². The second kappa shape index (κ2) is 11.5. The van der Waals surface area contributed by atoms with E-state index in [1.54, 1.807) is 5.57 Å². The van der Waals surface area contributed by atoms with Crippen LogP contribution in [0.5, 0.6) is 0 Å². The van der Waals surface area contributed by atoms with E-state index in [2.05, 4.69) is 82.7 Å². The standard InChI is InChI=1S/C31H49NO3/c1-21-12-16-26(35-29(33)32-34-8)20-25(21)15-14-24-10-9-19-31(7)27(17-18-28(24)31)22(2)11-13-23(3)30(4,5)6/h11,13-15,22-23,26-28H,1,9-10,12,16-20H2,2-8H3,(H,32,33). The van der Waals surface area contributed by atoms with Crippen LogP contribution in [0.3, 0.4) is 0 Å². The van der Waals surface area contributed by atoms with Crippen molar-refractivity contribution in [2.75, 3.05) is 7.11 Å². The second-order valence-electron chi connectivity index (χ2n) is 12.6. The number of rotatable bonds is 6. The van der Waals surface area contributed by atoms with Crippen LogP contribution in [-0.2, 0) is 9.57 Å². The second-order valence-corrected chi connectivity index (χ2v) is 12.6. The topological polar surface area (TPSA) is 47.6 Å². The zero-order valence-corrected chi connectivity index (χ0v) is 23.3. The van der Waals surface area contributed by atoms with Crippen LogP contribution < -0.4 is 5.48 Å². The molecule has 0 bridgehead atoms. The van der Waals surface area contributed by atoms with Crippen molar-refractivity contribution in [2.45, 2.75) is 99.0 Å². The Kier molecular flexibility index (Phi) is 9.12. The minimum atomic E-state index is -0.525. The van der Waals surface area contributed by atoms with Gasteiger partial charge in [0.1, 0.15) is 6.10 Å². The number of fused-ring (bicyclic) bond motifs is 1. The van der Waals surface area contributed by atoms with Crippen LogP contribution in [0.1, 0.15) is 92.9 Å². The predicted octanol–water partition coefficient (Wildman–Crippen LogP) is 8.33. The number of hydrogen-bond acceptors (Lipinski definition) is 3. The summed E-state index contributed by atoms with van der Waals surface area (Å²) in [7, 11) is 1.41. The fourth-order valence-electron chi connectivity index (χ4n) is 6.65. The van der Waals surface area contributed by atoms with Gasteiger partial charge in [-0.05, 0) is 85.0 Å². The van der Waals surface area contributed by atoms with Gasteiger partial charge < -0.3 is 4.74 Å². The summed E-state index contributed by atoms with van der Waals surface area (Å²) in [5.41, 5.74) is 6.94. The lowest BCUT2D eigenvalue weighted by molar-refractivity contribution is 0.0315. The summed E-state index contributed by atoms with van der Waals surface area (Å²) in [4.78, 5) is 16.4. The van der Waals surface area contributed by atoms with Gasteiger partial charge in [-0.15, -0.1) is 0 Å². The quantitative estimate of drug-likeness (QED) is 0.305. The number of allylic oxidation sites excluding steroid dienone is 6. The maximum absolute atomic E-state index is 11.8. The van der Waals surface area contributed by atoms with E-state index in [4.69, 9.17) is 4.74 Å². The molecule has 1 amide bonds. The molecule has 0 aromatic rings. The predicted molar refractivity (Wildman–Crippen MR) is 145 cm³/mol. The van der Waals surface area contributed by atoms with Crippen molar-refractivity contribution in [3.05, 3.63) is 47.6 Å². The van der Waals surface area contributed by atoms with Gasteiger partial charge in [0, 0.05) is 6.42 Å². The third-order valence-corrected chi connectivity index (χ3v) is 9.37. The number of carbonyl (C=O) groups excluding carboxylic acids is 1. The molecule has 0 aliphatic heterocycles. The van der Waals surface area contributed by atoms with Crippen LogP contribution in [-0.4, -0.2) is 19.3 Å². The average molecular weight is 484 g/mol. The van der Waals surface area contributed by atoms with E-state index in [1.807, 2.05) is 0 Å². The third kappa shape index (κ3) is 6.70. The largest absolute Gasteiger partial charge is 0.444 e. The Morgan fingerprint density at radius 1 is 1.14 bits per heavy atom. The SMILES string of the molecule is C=C1CCC(OC(=O)NOC)CC1=CC=C1CCCC2(C)C1CCC2C(C)C=CC(C)C(C)(C)C. The van der Waals surface area contributed by atoms with Gasteiger partial charge >= 0.3 is 6.09 Å². The number of ether oxygens (including phenoxy) is 1. The lowest BCUT2D eigenvalue weighted by Gasteiger charge is -2.44. The first-order valence-corrected chi connectivity index (χ1v) is 13.7. The Labute approximate surface area is 214 Å². The maximum Gasteiger partial charge on any atom is 0.431 e. The van der Waals surface area contributed by atoms with Crippen LogP contribution in [0, 0.1) is 34.5 Å². The van der Waals surface area contributed by atoms with Crippen LogP contribution in [0.4, 0.5) is 4.79 Å². The number of hydrogen-bond donors (Lipinski definition) is 1. The molecule has 0 saturated heterocycles. The summed E-state index contributed by atoms with van der Waals surface area (Å²) < 4.78 is 5.50. The first-order chi connectivity index (χ1) is 16.5. The van der Waals surface area contributed by atoms with Crippen molar-refractivity contribution in [1.29, 1.82) is 0 Å². The zero-order chi connectivity index (χ0) is 25.8. The molecule has 1 N–H and O–H groups in total. The highest BCUT2D eigenvalue weighted by Crippen LogP contribution is 2.59. The van der Waals surface area contributed by atoms with E-state index in [-0.39, 0.29) is 6.10 Å². The van der Waals surface area contributed by atoms with Gasteiger partial charge in [-0.2, -0.15) is 5.48 Å². The van der Waals surface area contributed by atoms with Crippen molar-refractivity contribution >= 4 is 6.09 Å². The molecule has 0 aromatic heterocycles. The maximum atomic E-state index is 11.8. The normalized spacial score (nSPS) is 33.7. The highest BCUT2D eigenvalue weighted by Gasteiger charge is 2.50. The Balaban J connectivity index is 1.71. The molecule has 3 aliphatic rings. The van der Waals surface area contributed by atoms with Crippen molar-refractivity contribution in [1.82, 2.24) is 5.48 Å². The molecule has 196 valence electrons. The van der Waals surface area contributed by atoms with E-state index in [1.165, 1.54) is 50.4 Å². The monoisotopic (exact) mass is 483 g/mol. The Morgan fingerprint density at radius 3 is 2.57 bits per heavy atom. The van der Waals surface area contributed by atoms with E-state index in [0.717, 1.165) is 25.2 Å². The highest BCUT2D eigenvalue weighted by atomic mass is 16.7. The van der Waals surface area contributed by atoms with Gasteiger partial charge in [0.25, 0.3) is 0 Å². The molecule has 35 heavy (non-hydrogen) atoms. The molecule has 3 fully saturated rings. The van der Waals surface area contributed by atoms with Gasteiger partial charge in [0.05, 0.1) is 7.11 Å². The third-order valence-electron chi connectivity index (χ3n) is 9.37. The number of amides is 1. The van der Waals surface area contributed by atoms with Gasteiger partial charge in [-0.3, -0.25) is 4.84 Å². The van der Waals surface area contributed by atoms with E-state index >= 15 is 0 Å². The van der Waals surface area contributed by atoms with Crippen molar-refractivity contribution in [3.63, 3.8) is 0 Å². The molecule has 6 atom stereocenters. The zero-order valence-electron chi connectivity index (χ0n) is 23.3. The lowest BCUT2D eigenvalue weighted by Crippen LogP contribution is -2.35. The Morgan fingerprint density at radius 2 is 1.89 bits per heavy atom. The molecular weight excluding hydrogens is 434 g/mol. The molecule has 3 saturated carbocycles. The lowest BCUT2D eigenvalue weighted by atomic mass is 9.61. The van der Waals surface area contributed by atoms with Crippen LogP contribution in [0.25, 0.3) is 0 Å². The summed E-state index contributed by atoms with van der Waals surface area (Å²) in [5.74, 6) is 2.61. The molecule has 3 rings (SSSR count). The number of carbonyl (C=O) groups is 1. The molecule has 6 unspecified atom stereocenters. The molecule has 0 radical (unpaired) electrons. The average Bonchev–Trinajstić information content (AvgIpc) is 3.14. The van der Waals surface area contributed by atoms with Gasteiger partial charge in [-0.1, -0.05) is 83.6 Å². The van der Waals surface area contributed by atoms with E-state index in [9.17, 15) is 4.79 Å². The molecule has 4 heteroatoms. The van der Waals surface area contributed by atoms with Crippen molar-refractivity contribution < 1.29 is 14.4 Å². The number of hydroxylamine groups is 1. The van der Waals surface area contributed by atoms with Crippen molar-refractivity contribution in [2.24, 2.45) is 34.5 Å². The Hall–Kier alpha value is -1.81. The first kappa shape index (κ1) is 27.8. The Bertz CT molecular complexity index is 861. The summed E-state index contributed by atoms with van der Waals surface area (Å²) in [6.45, 7) is 18.6. The molecule has 0 spiro atoms. The number of nitrogens with one attached hydrogen (secondary N) is 1. The smallest absolute Gasteiger partial charge is 0.431 e. The van der Waals surface area contributed by atoms with Crippen LogP contribution >= 0.6 is 0 Å². The first-order valence-electron chi connectivity index (χ1n) is 13.7. The summed E-state index contributed by atoms with van der Waals surface area (Å²) in [5, 5.41) is 0. The fourth-order valence-corrected chi connectivity index (χ4v) is 6.65. The van der Waals surface area contributed by atoms with Crippen molar-refractivity contribution in [3.8, 4) is 0 Å². The molecule has 4 nitrogen and oxygen atoms in total. The summed E-state index contributed by atoms with van der Waals surface area (Å²) in [6, 6.07) is 0. The van der Waals surface area contributed by atoms with Crippen LogP contribution in [0.15, 0.2) is 47.6 Å².